The summed E-state index contributed by atoms with van der Waals surface area (Å²) >= 11 is 0. The minimum Gasteiger partial charge on any atom is -0.383 e. The van der Waals surface area contributed by atoms with Crippen molar-refractivity contribution >= 4 is 11.4 Å². The van der Waals surface area contributed by atoms with Crippen molar-refractivity contribution in [3.8, 4) is 22.3 Å². The Kier molecular flexibility index (Phi) is 5.62. The van der Waals surface area contributed by atoms with Gasteiger partial charge in [0.1, 0.15) is 0 Å². The van der Waals surface area contributed by atoms with E-state index in [9.17, 15) is 0 Å². The van der Waals surface area contributed by atoms with Gasteiger partial charge in [-0.05, 0) is 74.2 Å². The van der Waals surface area contributed by atoms with Gasteiger partial charge < -0.3 is 10.6 Å². The fourth-order valence-electron chi connectivity index (χ4n) is 3.19. The van der Waals surface area contributed by atoms with E-state index in [4.69, 9.17) is 0 Å². The van der Waals surface area contributed by atoms with Crippen LogP contribution in [0, 0.1) is 0 Å². The van der Waals surface area contributed by atoms with E-state index in [-0.39, 0.29) is 0 Å². The largest absolute Gasteiger partial charge is 0.383 e. The molecule has 0 spiro atoms. The van der Waals surface area contributed by atoms with Crippen molar-refractivity contribution in [2.24, 2.45) is 0 Å². The molecule has 2 N–H and O–H groups in total. The van der Waals surface area contributed by atoms with E-state index in [1.807, 2.05) is 0 Å². The molecule has 0 saturated carbocycles. The average molecular weight is 345 g/mol. The van der Waals surface area contributed by atoms with Crippen LogP contribution in [0.3, 0.4) is 0 Å². The Hall–Kier alpha value is -2.74. The molecule has 3 aromatic rings. The maximum atomic E-state index is 3.52. The molecule has 134 valence electrons. The SMILES string of the molecule is CC(C)Nc1cccc(-c2cc(NC(C)C)ccc2-c2ccccc2)c1. The minimum atomic E-state index is 0.402. The Balaban J connectivity index is 2.10. The second-order valence-electron chi connectivity index (χ2n) is 7.31. The van der Waals surface area contributed by atoms with Gasteiger partial charge in [-0.15, -0.1) is 0 Å². The molecule has 0 aliphatic carbocycles. The molecule has 2 heteroatoms. The third-order valence-electron chi connectivity index (χ3n) is 4.19. The van der Waals surface area contributed by atoms with Gasteiger partial charge in [0.25, 0.3) is 0 Å². The summed E-state index contributed by atoms with van der Waals surface area (Å²) in [6.45, 7) is 8.65. The summed E-state index contributed by atoms with van der Waals surface area (Å²) in [6, 6.07) is 26.7. The monoisotopic (exact) mass is 344 g/mol. The Bertz CT molecular complexity index is 851. The van der Waals surface area contributed by atoms with Crippen LogP contribution in [0.15, 0.2) is 72.8 Å². The highest BCUT2D eigenvalue weighted by molar-refractivity contribution is 5.86. The first-order valence-corrected chi connectivity index (χ1v) is 9.36. The highest BCUT2D eigenvalue weighted by atomic mass is 14.9. The molecule has 0 radical (unpaired) electrons. The first-order valence-electron chi connectivity index (χ1n) is 9.36. The molecule has 0 aromatic heterocycles. The summed E-state index contributed by atoms with van der Waals surface area (Å²) in [6.07, 6.45) is 0. The highest BCUT2D eigenvalue weighted by Gasteiger charge is 2.10. The van der Waals surface area contributed by atoms with Crippen LogP contribution in [-0.2, 0) is 0 Å². The summed E-state index contributed by atoms with van der Waals surface area (Å²) in [5.74, 6) is 0. The number of hydrogen-bond acceptors (Lipinski definition) is 2. The molecule has 0 fully saturated rings. The lowest BCUT2D eigenvalue weighted by molar-refractivity contribution is 0.899. The van der Waals surface area contributed by atoms with Gasteiger partial charge in [-0.25, -0.2) is 0 Å². The first-order chi connectivity index (χ1) is 12.5. The quantitative estimate of drug-likeness (QED) is 0.522. The number of rotatable bonds is 6. The molecular formula is C24H28N2. The van der Waals surface area contributed by atoms with Crippen LogP contribution in [0.1, 0.15) is 27.7 Å². The minimum absolute atomic E-state index is 0.402. The number of benzene rings is 3. The number of nitrogens with one attached hydrogen (secondary N) is 2. The Morgan fingerprint density at radius 2 is 1.15 bits per heavy atom. The summed E-state index contributed by atoms with van der Waals surface area (Å²) in [7, 11) is 0. The zero-order valence-corrected chi connectivity index (χ0v) is 16.1. The van der Waals surface area contributed by atoms with Gasteiger partial charge in [0.15, 0.2) is 0 Å². The Morgan fingerprint density at radius 3 is 1.81 bits per heavy atom. The van der Waals surface area contributed by atoms with E-state index >= 15 is 0 Å². The summed E-state index contributed by atoms with van der Waals surface area (Å²) in [4.78, 5) is 0. The van der Waals surface area contributed by atoms with Crippen molar-refractivity contribution in [1.82, 2.24) is 0 Å². The van der Waals surface area contributed by atoms with Crippen molar-refractivity contribution in [1.29, 1.82) is 0 Å². The van der Waals surface area contributed by atoms with E-state index in [0.717, 1.165) is 11.4 Å². The van der Waals surface area contributed by atoms with Gasteiger partial charge in [0, 0.05) is 23.5 Å². The molecule has 0 atom stereocenters. The lowest BCUT2D eigenvalue weighted by Crippen LogP contribution is -2.10. The van der Waals surface area contributed by atoms with Crippen LogP contribution < -0.4 is 10.6 Å². The Morgan fingerprint density at radius 1 is 0.538 bits per heavy atom. The maximum absolute atomic E-state index is 3.52. The van der Waals surface area contributed by atoms with Crippen molar-refractivity contribution in [3.05, 3.63) is 72.8 Å². The molecule has 3 rings (SSSR count). The lowest BCUT2D eigenvalue weighted by Gasteiger charge is -2.17. The third-order valence-corrected chi connectivity index (χ3v) is 4.19. The zero-order valence-electron chi connectivity index (χ0n) is 16.1. The average Bonchev–Trinajstić information content (AvgIpc) is 2.61. The topological polar surface area (TPSA) is 24.1 Å². The van der Waals surface area contributed by atoms with Crippen LogP contribution in [0.5, 0.6) is 0 Å². The maximum Gasteiger partial charge on any atom is 0.0348 e. The summed E-state index contributed by atoms with van der Waals surface area (Å²) in [5.41, 5.74) is 7.26. The fourth-order valence-corrected chi connectivity index (χ4v) is 3.19. The van der Waals surface area contributed by atoms with E-state index in [2.05, 4.69) is 111 Å². The zero-order chi connectivity index (χ0) is 18.5. The van der Waals surface area contributed by atoms with Gasteiger partial charge in [0.05, 0.1) is 0 Å². The van der Waals surface area contributed by atoms with E-state index < -0.39 is 0 Å². The van der Waals surface area contributed by atoms with E-state index in [1.54, 1.807) is 0 Å². The van der Waals surface area contributed by atoms with Gasteiger partial charge in [-0.2, -0.15) is 0 Å². The fraction of sp³-hybridized carbons (Fsp3) is 0.250. The molecule has 26 heavy (non-hydrogen) atoms. The molecule has 0 bridgehead atoms. The molecule has 0 amide bonds. The molecule has 0 unspecified atom stereocenters. The van der Waals surface area contributed by atoms with Crippen molar-refractivity contribution in [3.63, 3.8) is 0 Å². The second kappa shape index (κ2) is 8.09. The van der Waals surface area contributed by atoms with Gasteiger partial charge in [0.2, 0.25) is 0 Å². The van der Waals surface area contributed by atoms with Gasteiger partial charge in [-0.3, -0.25) is 0 Å². The lowest BCUT2D eigenvalue weighted by atomic mass is 9.93. The van der Waals surface area contributed by atoms with Crippen LogP contribution in [-0.4, -0.2) is 12.1 Å². The standard InChI is InChI=1S/C24H28N2/c1-17(2)25-21-12-8-11-20(15-21)24-16-22(26-18(3)4)13-14-23(24)19-9-6-5-7-10-19/h5-18,25-26H,1-4H3. The molecule has 0 heterocycles. The van der Waals surface area contributed by atoms with Crippen LogP contribution in [0.25, 0.3) is 22.3 Å². The normalized spacial score (nSPS) is 11.0. The van der Waals surface area contributed by atoms with Crippen molar-refractivity contribution in [2.45, 2.75) is 39.8 Å². The molecular weight excluding hydrogens is 316 g/mol. The van der Waals surface area contributed by atoms with Crippen LogP contribution in [0.4, 0.5) is 11.4 Å². The highest BCUT2D eigenvalue weighted by Crippen LogP contribution is 2.35. The van der Waals surface area contributed by atoms with Crippen LogP contribution >= 0.6 is 0 Å². The van der Waals surface area contributed by atoms with Crippen molar-refractivity contribution < 1.29 is 0 Å². The number of anilines is 2. The molecule has 3 aromatic carbocycles. The first kappa shape index (κ1) is 18.1. The predicted molar refractivity (Wildman–Crippen MR) is 115 cm³/mol. The van der Waals surface area contributed by atoms with Gasteiger partial charge in [-0.1, -0.05) is 48.5 Å². The molecule has 0 aliphatic heterocycles. The molecule has 2 nitrogen and oxygen atoms in total. The Labute approximate surface area is 157 Å². The van der Waals surface area contributed by atoms with Crippen molar-refractivity contribution in [2.75, 3.05) is 10.6 Å². The molecule has 0 aliphatic rings. The third kappa shape index (κ3) is 4.45. The smallest absolute Gasteiger partial charge is 0.0348 e. The van der Waals surface area contributed by atoms with E-state index in [0.29, 0.717) is 12.1 Å². The van der Waals surface area contributed by atoms with Gasteiger partial charge >= 0.3 is 0 Å². The predicted octanol–water partition coefficient (Wildman–Crippen LogP) is 6.66. The second-order valence-corrected chi connectivity index (χ2v) is 7.31. The van der Waals surface area contributed by atoms with Crippen LogP contribution in [0.2, 0.25) is 0 Å². The summed E-state index contributed by atoms with van der Waals surface area (Å²) < 4.78 is 0. The summed E-state index contributed by atoms with van der Waals surface area (Å²) in [5, 5.41) is 7.03. The van der Waals surface area contributed by atoms with E-state index in [1.165, 1.54) is 22.3 Å². The number of hydrogen-bond donors (Lipinski definition) is 2. The molecule has 0 saturated heterocycles.